The Morgan fingerprint density at radius 2 is 2.44 bits per heavy atom. The van der Waals surface area contributed by atoms with Crippen LogP contribution in [-0.4, -0.2) is 12.1 Å². The molecule has 1 heterocycles. The van der Waals surface area contributed by atoms with E-state index in [-0.39, 0.29) is 0 Å². The van der Waals surface area contributed by atoms with E-state index in [1.54, 1.807) is 19.4 Å². The highest BCUT2D eigenvalue weighted by molar-refractivity contribution is 7.71. The second kappa shape index (κ2) is 2.64. The minimum atomic E-state index is 0.689. The van der Waals surface area contributed by atoms with Gasteiger partial charge in [-0.2, -0.15) is 0 Å². The standard InChI is InChI=1S/C6H7NOS/c1-8-5-2-3-7-6(9)4-5/h2-4H,1H3,(H,7,9). The lowest BCUT2D eigenvalue weighted by molar-refractivity contribution is 0.414. The van der Waals surface area contributed by atoms with Crippen LogP contribution in [0, 0.1) is 4.64 Å². The van der Waals surface area contributed by atoms with E-state index in [2.05, 4.69) is 4.98 Å². The summed E-state index contributed by atoms with van der Waals surface area (Å²) < 4.78 is 5.60. The van der Waals surface area contributed by atoms with Gasteiger partial charge < -0.3 is 9.72 Å². The highest BCUT2D eigenvalue weighted by Gasteiger charge is 1.84. The highest BCUT2D eigenvalue weighted by Crippen LogP contribution is 2.05. The van der Waals surface area contributed by atoms with Gasteiger partial charge in [-0.25, -0.2) is 0 Å². The maximum absolute atomic E-state index is 4.91. The summed E-state index contributed by atoms with van der Waals surface area (Å²) in [6.07, 6.45) is 1.75. The molecule has 3 heteroatoms. The van der Waals surface area contributed by atoms with E-state index in [1.165, 1.54) is 0 Å². The second-order valence-corrected chi connectivity index (χ2v) is 2.03. The van der Waals surface area contributed by atoms with E-state index in [0.29, 0.717) is 4.64 Å². The van der Waals surface area contributed by atoms with Crippen molar-refractivity contribution in [3.05, 3.63) is 23.0 Å². The molecule has 1 aromatic rings. The summed E-state index contributed by atoms with van der Waals surface area (Å²) in [6.45, 7) is 0. The van der Waals surface area contributed by atoms with Crippen molar-refractivity contribution in [2.24, 2.45) is 0 Å². The summed E-state index contributed by atoms with van der Waals surface area (Å²) in [5.41, 5.74) is 0. The van der Waals surface area contributed by atoms with Gasteiger partial charge in [-0.1, -0.05) is 12.2 Å². The van der Waals surface area contributed by atoms with Crippen molar-refractivity contribution in [1.82, 2.24) is 4.98 Å². The number of aromatic amines is 1. The third kappa shape index (κ3) is 1.54. The van der Waals surface area contributed by atoms with Crippen molar-refractivity contribution in [3.63, 3.8) is 0 Å². The molecule has 0 aliphatic carbocycles. The smallest absolute Gasteiger partial charge is 0.123 e. The number of rotatable bonds is 1. The van der Waals surface area contributed by atoms with Gasteiger partial charge in [-0.05, 0) is 6.07 Å². The molecule has 2 nitrogen and oxygen atoms in total. The van der Waals surface area contributed by atoms with Gasteiger partial charge in [-0.15, -0.1) is 0 Å². The first-order valence-electron chi connectivity index (χ1n) is 2.55. The minimum Gasteiger partial charge on any atom is -0.497 e. The monoisotopic (exact) mass is 141 g/mol. The zero-order valence-electron chi connectivity index (χ0n) is 5.05. The Balaban J connectivity index is 3.08. The van der Waals surface area contributed by atoms with Crippen LogP contribution in [0.5, 0.6) is 5.75 Å². The second-order valence-electron chi connectivity index (χ2n) is 1.59. The molecule has 0 bridgehead atoms. The van der Waals surface area contributed by atoms with E-state index in [9.17, 15) is 0 Å². The number of methoxy groups -OCH3 is 1. The molecule has 0 atom stereocenters. The predicted molar refractivity (Wildman–Crippen MR) is 38.2 cm³/mol. The van der Waals surface area contributed by atoms with Crippen molar-refractivity contribution < 1.29 is 4.74 Å². The summed E-state index contributed by atoms with van der Waals surface area (Å²) in [7, 11) is 1.62. The minimum absolute atomic E-state index is 0.689. The molecule has 0 fully saturated rings. The zero-order chi connectivity index (χ0) is 6.69. The SMILES string of the molecule is COc1cc[nH]c(=S)c1. The highest BCUT2D eigenvalue weighted by atomic mass is 32.1. The van der Waals surface area contributed by atoms with Gasteiger partial charge in [0.25, 0.3) is 0 Å². The van der Waals surface area contributed by atoms with Crippen LogP contribution in [0.2, 0.25) is 0 Å². The fraction of sp³-hybridized carbons (Fsp3) is 0.167. The van der Waals surface area contributed by atoms with Crippen LogP contribution in [0.1, 0.15) is 0 Å². The molecule has 0 spiro atoms. The van der Waals surface area contributed by atoms with Gasteiger partial charge in [0.2, 0.25) is 0 Å². The van der Waals surface area contributed by atoms with E-state index in [1.807, 2.05) is 6.07 Å². The Hall–Kier alpha value is -0.830. The van der Waals surface area contributed by atoms with Crippen molar-refractivity contribution in [2.45, 2.75) is 0 Å². The first-order chi connectivity index (χ1) is 4.33. The molecule has 1 N–H and O–H groups in total. The number of nitrogens with one attached hydrogen (secondary N) is 1. The first-order valence-corrected chi connectivity index (χ1v) is 2.96. The van der Waals surface area contributed by atoms with Crippen LogP contribution in [0.15, 0.2) is 18.3 Å². The van der Waals surface area contributed by atoms with E-state index in [4.69, 9.17) is 17.0 Å². The molecule has 0 unspecified atom stereocenters. The van der Waals surface area contributed by atoms with Crippen LogP contribution in [0.25, 0.3) is 0 Å². The Morgan fingerprint density at radius 3 is 2.89 bits per heavy atom. The predicted octanol–water partition coefficient (Wildman–Crippen LogP) is 1.75. The summed E-state index contributed by atoms with van der Waals surface area (Å²) in [5.74, 6) is 0.791. The van der Waals surface area contributed by atoms with Gasteiger partial charge in [0, 0.05) is 12.3 Å². The Kier molecular flexibility index (Phi) is 1.85. The zero-order valence-corrected chi connectivity index (χ0v) is 5.87. The van der Waals surface area contributed by atoms with Crippen LogP contribution in [0.4, 0.5) is 0 Å². The summed E-state index contributed by atoms with van der Waals surface area (Å²) in [4.78, 5) is 2.84. The molecule has 0 amide bonds. The average molecular weight is 141 g/mol. The lowest BCUT2D eigenvalue weighted by atomic mass is 10.5. The summed E-state index contributed by atoms with van der Waals surface area (Å²) >= 11 is 4.83. The van der Waals surface area contributed by atoms with Crippen molar-refractivity contribution >= 4 is 12.2 Å². The van der Waals surface area contributed by atoms with Crippen molar-refractivity contribution in [1.29, 1.82) is 0 Å². The molecule has 0 saturated carbocycles. The molecular weight excluding hydrogens is 134 g/mol. The van der Waals surface area contributed by atoms with Crippen molar-refractivity contribution in [3.8, 4) is 5.75 Å². The average Bonchev–Trinajstić information content (AvgIpc) is 1.88. The number of pyridine rings is 1. The quantitative estimate of drug-likeness (QED) is 0.603. The third-order valence-corrected chi connectivity index (χ3v) is 1.22. The topological polar surface area (TPSA) is 25.0 Å². The largest absolute Gasteiger partial charge is 0.497 e. The molecule has 0 radical (unpaired) electrons. The van der Waals surface area contributed by atoms with Gasteiger partial charge in [0.05, 0.1) is 7.11 Å². The molecule has 48 valence electrons. The number of ether oxygens (including phenoxy) is 1. The fourth-order valence-corrected chi connectivity index (χ4v) is 0.736. The first kappa shape index (κ1) is 6.29. The molecule has 1 aromatic heterocycles. The maximum atomic E-state index is 4.91. The molecule has 9 heavy (non-hydrogen) atoms. The van der Waals surface area contributed by atoms with Crippen LogP contribution >= 0.6 is 12.2 Å². The van der Waals surface area contributed by atoms with Gasteiger partial charge in [-0.3, -0.25) is 0 Å². The third-order valence-electron chi connectivity index (χ3n) is 0.982. The van der Waals surface area contributed by atoms with Crippen LogP contribution < -0.4 is 4.74 Å². The van der Waals surface area contributed by atoms with Gasteiger partial charge in [0.15, 0.2) is 0 Å². The summed E-state index contributed by atoms with van der Waals surface area (Å²) in [5, 5.41) is 0. The number of aromatic nitrogens is 1. The lowest BCUT2D eigenvalue weighted by Crippen LogP contribution is -1.81. The molecule has 1 rings (SSSR count). The summed E-state index contributed by atoms with van der Waals surface area (Å²) in [6, 6.07) is 3.57. The van der Waals surface area contributed by atoms with Crippen LogP contribution in [0.3, 0.4) is 0 Å². The maximum Gasteiger partial charge on any atom is 0.123 e. The Morgan fingerprint density at radius 1 is 1.67 bits per heavy atom. The van der Waals surface area contributed by atoms with E-state index in [0.717, 1.165) is 5.75 Å². The molecular formula is C6H7NOS. The Bertz CT molecular complexity index is 243. The van der Waals surface area contributed by atoms with Gasteiger partial charge >= 0.3 is 0 Å². The van der Waals surface area contributed by atoms with E-state index < -0.39 is 0 Å². The van der Waals surface area contributed by atoms with Crippen molar-refractivity contribution in [2.75, 3.05) is 7.11 Å². The molecule has 0 aromatic carbocycles. The normalized spacial score (nSPS) is 9.00. The van der Waals surface area contributed by atoms with Crippen LogP contribution in [-0.2, 0) is 0 Å². The molecule has 0 aliphatic heterocycles. The fourth-order valence-electron chi connectivity index (χ4n) is 0.552. The lowest BCUT2D eigenvalue weighted by Gasteiger charge is -1.95. The Labute approximate surface area is 58.5 Å². The number of hydrogen-bond donors (Lipinski definition) is 1. The number of H-pyrrole nitrogens is 1. The van der Waals surface area contributed by atoms with E-state index >= 15 is 0 Å². The molecule has 0 saturated heterocycles. The van der Waals surface area contributed by atoms with Gasteiger partial charge in [0.1, 0.15) is 10.4 Å². The number of hydrogen-bond acceptors (Lipinski definition) is 2. The molecule has 0 aliphatic rings.